The Morgan fingerprint density at radius 2 is 2.00 bits per heavy atom. The normalized spacial score (nSPS) is 16.7. The van der Waals surface area contributed by atoms with E-state index in [0.717, 1.165) is 43.2 Å². The predicted molar refractivity (Wildman–Crippen MR) is 112 cm³/mol. The van der Waals surface area contributed by atoms with Gasteiger partial charge in [0.05, 0.1) is 6.54 Å². The monoisotopic (exact) mass is 402 g/mol. The molecular formula is C22H34N4O3. The number of aliphatic hydroxyl groups excluding tert-OH is 1. The summed E-state index contributed by atoms with van der Waals surface area (Å²) in [4.78, 5) is 8.83. The number of hydrogen-bond acceptors (Lipinski definition) is 7. The van der Waals surface area contributed by atoms with Crippen molar-refractivity contribution in [1.29, 1.82) is 0 Å². The number of likely N-dealkylation sites (tertiary alicyclic amines) is 1. The van der Waals surface area contributed by atoms with Crippen LogP contribution in [0.3, 0.4) is 0 Å². The second-order valence-corrected chi connectivity index (χ2v) is 7.96. The van der Waals surface area contributed by atoms with Gasteiger partial charge in [0.1, 0.15) is 18.5 Å². The minimum Gasteiger partial charge on any atom is -0.491 e. The van der Waals surface area contributed by atoms with E-state index in [2.05, 4.69) is 26.0 Å². The molecule has 0 unspecified atom stereocenters. The Morgan fingerprint density at radius 3 is 2.72 bits per heavy atom. The third-order valence-corrected chi connectivity index (χ3v) is 5.19. The third-order valence-electron chi connectivity index (χ3n) is 5.19. The Hall–Kier alpha value is -1.96. The Kier molecular flexibility index (Phi) is 8.46. The molecule has 1 aromatic heterocycles. The molecule has 1 atom stereocenters. The maximum atomic E-state index is 10.4. The minimum absolute atomic E-state index is 0.317. The van der Waals surface area contributed by atoms with Crippen LogP contribution in [0, 0.1) is 0 Å². The Labute approximate surface area is 173 Å². The first-order valence-electron chi connectivity index (χ1n) is 10.7. The fourth-order valence-corrected chi connectivity index (χ4v) is 3.69. The van der Waals surface area contributed by atoms with E-state index in [1.54, 1.807) is 0 Å². The first kappa shape index (κ1) is 21.7. The molecule has 0 aliphatic carbocycles. The fraction of sp³-hybridized carbons (Fsp3) is 0.636. The lowest BCUT2D eigenvalue weighted by atomic mass is 10.2. The zero-order valence-electron chi connectivity index (χ0n) is 17.7. The lowest BCUT2D eigenvalue weighted by molar-refractivity contribution is 0.0693. The van der Waals surface area contributed by atoms with Crippen molar-refractivity contribution >= 4 is 0 Å². The van der Waals surface area contributed by atoms with Crippen molar-refractivity contribution in [3.8, 4) is 5.75 Å². The highest BCUT2D eigenvalue weighted by atomic mass is 16.5. The summed E-state index contributed by atoms with van der Waals surface area (Å²) in [5.41, 5.74) is 1.14. The molecule has 3 rings (SSSR count). The molecule has 1 saturated heterocycles. The number of aliphatic hydroxyl groups is 1. The van der Waals surface area contributed by atoms with Crippen LogP contribution in [0.1, 0.15) is 49.9 Å². The summed E-state index contributed by atoms with van der Waals surface area (Å²) in [6.07, 6.45) is 5.37. The molecule has 0 spiro atoms. The van der Waals surface area contributed by atoms with Crippen molar-refractivity contribution < 1.29 is 14.4 Å². The van der Waals surface area contributed by atoms with E-state index in [1.807, 2.05) is 32.2 Å². The second-order valence-electron chi connectivity index (χ2n) is 7.96. The van der Waals surface area contributed by atoms with Crippen molar-refractivity contribution in [2.45, 2.75) is 58.2 Å². The van der Waals surface area contributed by atoms with Gasteiger partial charge in [-0.2, -0.15) is 4.98 Å². The molecule has 0 radical (unpaired) electrons. The van der Waals surface area contributed by atoms with Gasteiger partial charge in [0.2, 0.25) is 5.89 Å². The van der Waals surface area contributed by atoms with E-state index in [-0.39, 0.29) is 0 Å². The number of rotatable bonds is 10. The molecule has 0 saturated carbocycles. The molecule has 2 heterocycles. The summed E-state index contributed by atoms with van der Waals surface area (Å²) in [7, 11) is 2.02. The third kappa shape index (κ3) is 7.42. The van der Waals surface area contributed by atoms with Gasteiger partial charge in [-0.25, -0.2) is 0 Å². The van der Waals surface area contributed by atoms with Gasteiger partial charge in [0, 0.05) is 19.5 Å². The molecule has 29 heavy (non-hydrogen) atoms. The summed E-state index contributed by atoms with van der Waals surface area (Å²) in [6, 6.07) is 8.03. The van der Waals surface area contributed by atoms with E-state index in [0.29, 0.717) is 25.6 Å². The number of β-amino-alcohol motifs (C(OH)–C–C–N with tert-alkyl or cyclic N) is 1. The molecule has 1 aliphatic rings. The van der Waals surface area contributed by atoms with E-state index in [9.17, 15) is 5.11 Å². The first-order valence-corrected chi connectivity index (χ1v) is 10.7. The Morgan fingerprint density at radius 1 is 1.21 bits per heavy atom. The maximum absolute atomic E-state index is 10.4. The summed E-state index contributed by atoms with van der Waals surface area (Å²) in [5.74, 6) is 2.16. The quantitative estimate of drug-likeness (QED) is 0.655. The minimum atomic E-state index is -0.468. The zero-order valence-corrected chi connectivity index (χ0v) is 17.7. The molecule has 1 fully saturated rings. The standard InChI is InChI=1S/C22H34N4O3/c1-3-21-23-22(29-24-21)16-25(2)14-18-9-8-10-20(13-18)28-17-19(27)15-26-11-6-4-5-7-12-26/h8-10,13,19,27H,3-7,11-12,14-17H2,1-2H3/t19-/m1/s1. The first-order chi connectivity index (χ1) is 14.1. The van der Waals surface area contributed by atoms with Crippen LogP contribution >= 0.6 is 0 Å². The largest absolute Gasteiger partial charge is 0.491 e. The molecule has 0 amide bonds. The van der Waals surface area contributed by atoms with Gasteiger partial charge in [0.15, 0.2) is 5.82 Å². The molecule has 160 valence electrons. The van der Waals surface area contributed by atoms with Crippen molar-refractivity contribution in [2.75, 3.05) is 33.3 Å². The van der Waals surface area contributed by atoms with Crippen LogP contribution in [0.2, 0.25) is 0 Å². The summed E-state index contributed by atoms with van der Waals surface area (Å²) >= 11 is 0. The molecule has 1 aliphatic heterocycles. The smallest absolute Gasteiger partial charge is 0.240 e. The molecule has 7 heteroatoms. The highest BCUT2D eigenvalue weighted by Crippen LogP contribution is 2.16. The van der Waals surface area contributed by atoms with Gasteiger partial charge in [-0.05, 0) is 50.7 Å². The second kappa shape index (κ2) is 11.3. The van der Waals surface area contributed by atoms with Gasteiger partial charge < -0.3 is 19.3 Å². The van der Waals surface area contributed by atoms with E-state index in [1.165, 1.54) is 25.7 Å². The number of nitrogens with zero attached hydrogens (tertiary/aromatic N) is 4. The number of aryl methyl sites for hydroxylation is 1. The number of benzene rings is 1. The fourth-order valence-electron chi connectivity index (χ4n) is 3.69. The molecule has 2 aromatic rings. The number of aromatic nitrogens is 2. The lowest BCUT2D eigenvalue weighted by Crippen LogP contribution is -2.36. The maximum Gasteiger partial charge on any atom is 0.240 e. The Bertz CT molecular complexity index is 728. The van der Waals surface area contributed by atoms with Gasteiger partial charge >= 0.3 is 0 Å². The molecule has 7 nitrogen and oxygen atoms in total. The molecular weight excluding hydrogens is 368 g/mol. The SMILES string of the molecule is CCc1noc(CN(C)Cc2cccc(OC[C@H](O)CN3CCCCCC3)c2)n1. The average molecular weight is 403 g/mol. The van der Waals surface area contributed by atoms with Crippen LogP contribution in [-0.4, -0.2) is 64.4 Å². The highest BCUT2D eigenvalue weighted by molar-refractivity contribution is 5.28. The van der Waals surface area contributed by atoms with Gasteiger partial charge in [-0.15, -0.1) is 0 Å². The highest BCUT2D eigenvalue weighted by Gasteiger charge is 2.14. The van der Waals surface area contributed by atoms with E-state index in [4.69, 9.17) is 9.26 Å². The van der Waals surface area contributed by atoms with Crippen LogP contribution in [0.5, 0.6) is 5.75 Å². The van der Waals surface area contributed by atoms with Crippen LogP contribution in [-0.2, 0) is 19.5 Å². The number of ether oxygens (including phenoxy) is 1. The average Bonchev–Trinajstić information content (AvgIpc) is 3.00. The van der Waals surface area contributed by atoms with Crippen LogP contribution in [0.4, 0.5) is 0 Å². The molecule has 1 N–H and O–H groups in total. The van der Waals surface area contributed by atoms with Crippen molar-refractivity contribution in [1.82, 2.24) is 19.9 Å². The van der Waals surface area contributed by atoms with E-state index >= 15 is 0 Å². The van der Waals surface area contributed by atoms with E-state index < -0.39 is 6.10 Å². The van der Waals surface area contributed by atoms with Crippen molar-refractivity contribution in [3.63, 3.8) is 0 Å². The van der Waals surface area contributed by atoms with Gasteiger partial charge in [0.25, 0.3) is 0 Å². The Balaban J connectivity index is 1.44. The van der Waals surface area contributed by atoms with Crippen LogP contribution in [0.25, 0.3) is 0 Å². The van der Waals surface area contributed by atoms with Crippen LogP contribution in [0.15, 0.2) is 28.8 Å². The lowest BCUT2D eigenvalue weighted by Gasteiger charge is -2.23. The van der Waals surface area contributed by atoms with Crippen LogP contribution < -0.4 is 4.74 Å². The summed E-state index contributed by atoms with van der Waals surface area (Å²) in [5, 5.41) is 14.3. The predicted octanol–water partition coefficient (Wildman–Crippen LogP) is 2.88. The molecule has 1 aromatic carbocycles. The van der Waals surface area contributed by atoms with Gasteiger partial charge in [-0.3, -0.25) is 4.90 Å². The van der Waals surface area contributed by atoms with Crippen molar-refractivity contribution in [3.05, 3.63) is 41.5 Å². The number of hydrogen-bond donors (Lipinski definition) is 1. The zero-order chi connectivity index (χ0) is 20.5. The summed E-state index contributed by atoms with van der Waals surface area (Å²) < 4.78 is 11.1. The molecule has 0 bridgehead atoms. The van der Waals surface area contributed by atoms with Gasteiger partial charge in [-0.1, -0.05) is 37.1 Å². The topological polar surface area (TPSA) is 74.9 Å². The summed E-state index contributed by atoms with van der Waals surface area (Å²) in [6.45, 7) is 6.53. The van der Waals surface area contributed by atoms with Crippen molar-refractivity contribution in [2.24, 2.45) is 0 Å².